The molecule has 0 aliphatic heterocycles. The Balaban J connectivity index is 1.52. The molecule has 0 aliphatic carbocycles. The number of benzene rings is 2. The SMILES string of the molecule is C=C(/C=C\c1nnc(Sc2ccc3ncsc3c2)n1C)c1cccc(F)c1. The van der Waals surface area contributed by atoms with Crippen LogP contribution in [0.3, 0.4) is 0 Å². The van der Waals surface area contributed by atoms with E-state index in [2.05, 4.69) is 27.8 Å². The fourth-order valence-corrected chi connectivity index (χ4v) is 4.15. The van der Waals surface area contributed by atoms with Crippen molar-refractivity contribution in [3.8, 4) is 0 Å². The second-order valence-electron chi connectivity index (χ2n) is 5.85. The van der Waals surface area contributed by atoms with Crippen molar-refractivity contribution in [1.82, 2.24) is 19.7 Å². The van der Waals surface area contributed by atoms with Crippen LogP contribution in [-0.2, 0) is 7.05 Å². The Labute approximate surface area is 164 Å². The first kappa shape index (κ1) is 17.6. The van der Waals surface area contributed by atoms with Crippen LogP contribution in [0.25, 0.3) is 21.9 Å². The zero-order chi connectivity index (χ0) is 18.8. The first-order chi connectivity index (χ1) is 13.1. The van der Waals surface area contributed by atoms with Gasteiger partial charge in [0.05, 0.1) is 15.7 Å². The molecular formula is C20H15FN4S2. The first-order valence-electron chi connectivity index (χ1n) is 8.13. The molecule has 0 aliphatic rings. The maximum Gasteiger partial charge on any atom is 0.196 e. The Morgan fingerprint density at radius 2 is 2.11 bits per heavy atom. The fraction of sp³-hybridized carbons (Fsp3) is 0.0500. The van der Waals surface area contributed by atoms with Crippen molar-refractivity contribution in [2.45, 2.75) is 10.1 Å². The van der Waals surface area contributed by atoms with Crippen LogP contribution in [0.4, 0.5) is 4.39 Å². The lowest BCUT2D eigenvalue weighted by Crippen LogP contribution is -1.93. The van der Waals surface area contributed by atoms with Crippen LogP contribution in [-0.4, -0.2) is 19.7 Å². The van der Waals surface area contributed by atoms with E-state index in [1.165, 1.54) is 12.1 Å². The summed E-state index contributed by atoms with van der Waals surface area (Å²) in [6.07, 6.45) is 3.65. The van der Waals surface area contributed by atoms with Crippen LogP contribution in [0.1, 0.15) is 11.4 Å². The number of hydrogen-bond donors (Lipinski definition) is 0. The summed E-state index contributed by atoms with van der Waals surface area (Å²) < 4.78 is 16.4. The molecule has 0 N–H and O–H groups in total. The predicted octanol–water partition coefficient (Wildman–Crippen LogP) is 5.44. The van der Waals surface area contributed by atoms with Gasteiger partial charge in [-0.1, -0.05) is 24.8 Å². The third-order valence-corrected chi connectivity index (χ3v) is 5.83. The molecule has 0 unspecified atom stereocenters. The van der Waals surface area contributed by atoms with E-state index in [-0.39, 0.29) is 5.82 Å². The smallest absolute Gasteiger partial charge is 0.196 e. The second-order valence-corrected chi connectivity index (χ2v) is 7.78. The molecule has 2 aromatic carbocycles. The minimum atomic E-state index is -0.280. The monoisotopic (exact) mass is 394 g/mol. The summed E-state index contributed by atoms with van der Waals surface area (Å²) in [7, 11) is 1.91. The van der Waals surface area contributed by atoms with Crippen LogP contribution in [0, 0.1) is 5.82 Å². The lowest BCUT2D eigenvalue weighted by atomic mass is 10.1. The van der Waals surface area contributed by atoms with Gasteiger partial charge < -0.3 is 4.57 Å². The van der Waals surface area contributed by atoms with Crippen molar-refractivity contribution in [2.75, 3.05) is 0 Å². The summed E-state index contributed by atoms with van der Waals surface area (Å²) in [5, 5.41) is 9.28. The van der Waals surface area contributed by atoms with Crippen molar-refractivity contribution in [3.05, 3.63) is 77.8 Å². The molecule has 27 heavy (non-hydrogen) atoms. The van der Waals surface area contributed by atoms with Crippen LogP contribution in [0.2, 0.25) is 0 Å². The largest absolute Gasteiger partial charge is 0.305 e. The maximum absolute atomic E-state index is 13.3. The van der Waals surface area contributed by atoms with Gasteiger partial charge in [0, 0.05) is 11.9 Å². The molecule has 0 fully saturated rings. The number of fused-ring (bicyclic) bond motifs is 1. The third-order valence-electron chi connectivity index (χ3n) is 4.01. The predicted molar refractivity (Wildman–Crippen MR) is 109 cm³/mol. The summed E-state index contributed by atoms with van der Waals surface area (Å²) in [5.74, 6) is 0.422. The fourth-order valence-electron chi connectivity index (χ4n) is 2.52. The lowest BCUT2D eigenvalue weighted by Gasteiger charge is -2.02. The van der Waals surface area contributed by atoms with E-state index < -0.39 is 0 Å². The van der Waals surface area contributed by atoms with Gasteiger partial charge in [-0.25, -0.2) is 9.37 Å². The highest BCUT2D eigenvalue weighted by Gasteiger charge is 2.09. The lowest BCUT2D eigenvalue weighted by molar-refractivity contribution is 0.627. The molecule has 2 aromatic heterocycles. The summed E-state index contributed by atoms with van der Waals surface area (Å²) in [4.78, 5) is 5.38. The minimum absolute atomic E-state index is 0.280. The summed E-state index contributed by atoms with van der Waals surface area (Å²) in [6.45, 7) is 3.99. The number of rotatable bonds is 5. The first-order valence-corrected chi connectivity index (χ1v) is 9.83. The minimum Gasteiger partial charge on any atom is -0.305 e. The van der Waals surface area contributed by atoms with Crippen molar-refractivity contribution in [2.24, 2.45) is 7.05 Å². The summed E-state index contributed by atoms with van der Waals surface area (Å²) >= 11 is 3.17. The van der Waals surface area contributed by atoms with Gasteiger partial charge in [0.2, 0.25) is 0 Å². The van der Waals surface area contributed by atoms with Crippen LogP contribution in [0.15, 0.2) is 70.7 Å². The highest BCUT2D eigenvalue weighted by Crippen LogP contribution is 2.30. The van der Waals surface area contributed by atoms with Crippen LogP contribution < -0.4 is 0 Å². The zero-order valence-electron chi connectivity index (χ0n) is 14.5. The normalized spacial score (nSPS) is 11.5. The van der Waals surface area contributed by atoms with E-state index in [0.717, 1.165) is 25.8 Å². The Hall–Kier alpha value is -2.77. The van der Waals surface area contributed by atoms with Gasteiger partial charge in [0.15, 0.2) is 11.0 Å². The molecule has 4 rings (SSSR count). The quantitative estimate of drug-likeness (QED) is 0.423. The molecule has 0 saturated heterocycles. The van der Waals surface area contributed by atoms with Gasteiger partial charge in [0.1, 0.15) is 5.82 Å². The molecule has 0 amide bonds. The van der Waals surface area contributed by atoms with Crippen molar-refractivity contribution < 1.29 is 4.39 Å². The number of nitrogens with zero attached hydrogens (tertiary/aromatic N) is 4. The molecule has 0 radical (unpaired) electrons. The van der Waals surface area contributed by atoms with Gasteiger partial charge in [0.25, 0.3) is 0 Å². The summed E-state index contributed by atoms with van der Waals surface area (Å²) in [6, 6.07) is 12.5. The van der Waals surface area contributed by atoms with Crippen LogP contribution in [0.5, 0.6) is 0 Å². The molecule has 0 saturated carbocycles. The van der Waals surface area contributed by atoms with E-state index >= 15 is 0 Å². The topological polar surface area (TPSA) is 43.6 Å². The second kappa shape index (κ2) is 7.46. The molecular weight excluding hydrogens is 379 g/mol. The Morgan fingerprint density at radius 3 is 2.96 bits per heavy atom. The van der Waals surface area contributed by atoms with E-state index in [0.29, 0.717) is 11.4 Å². The van der Waals surface area contributed by atoms with Gasteiger partial charge in [-0.05, 0) is 59.3 Å². The molecule has 4 nitrogen and oxygen atoms in total. The van der Waals surface area contributed by atoms with Crippen molar-refractivity contribution in [3.63, 3.8) is 0 Å². The molecule has 7 heteroatoms. The summed E-state index contributed by atoms with van der Waals surface area (Å²) in [5.41, 5.74) is 4.29. The molecule has 0 spiro atoms. The van der Waals surface area contributed by atoms with Gasteiger partial charge >= 0.3 is 0 Å². The van der Waals surface area contributed by atoms with Gasteiger partial charge in [-0.2, -0.15) is 0 Å². The number of allylic oxidation sites excluding steroid dienone is 2. The highest BCUT2D eigenvalue weighted by molar-refractivity contribution is 7.99. The van der Waals surface area contributed by atoms with Crippen molar-refractivity contribution >= 4 is 45.0 Å². The van der Waals surface area contributed by atoms with Gasteiger partial charge in [-0.15, -0.1) is 21.5 Å². The van der Waals surface area contributed by atoms with Gasteiger partial charge in [-0.3, -0.25) is 0 Å². The van der Waals surface area contributed by atoms with Crippen LogP contribution >= 0.6 is 23.1 Å². The Morgan fingerprint density at radius 1 is 1.22 bits per heavy atom. The Kier molecular flexibility index (Phi) is 4.87. The number of hydrogen-bond acceptors (Lipinski definition) is 5. The number of halogens is 1. The average Bonchev–Trinajstić information content (AvgIpc) is 3.27. The maximum atomic E-state index is 13.3. The highest BCUT2D eigenvalue weighted by atomic mass is 32.2. The molecule has 4 aromatic rings. The molecule has 2 heterocycles. The standard InChI is InChI=1S/C20H15FN4S2/c1-13(14-4-3-5-15(21)10-14)6-9-19-23-24-20(25(19)2)27-16-7-8-17-18(11-16)26-12-22-17/h3-12H,1H2,2H3/b9-6-. The number of aromatic nitrogens is 4. The third kappa shape index (κ3) is 3.84. The molecule has 0 atom stereocenters. The van der Waals surface area contributed by atoms with Crippen molar-refractivity contribution in [1.29, 1.82) is 0 Å². The zero-order valence-corrected chi connectivity index (χ0v) is 16.1. The van der Waals surface area contributed by atoms with E-state index in [4.69, 9.17) is 0 Å². The van der Waals surface area contributed by atoms with E-state index in [1.54, 1.807) is 29.2 Å². The number of thiazole rings is 1. The molecule has 134 valence electrons. The van der Waals surface area contributed by atoms with E-state index in [9.17, 15) is 4.39 Å². The Bertz CT molecular complexity index is 1160. The average molecular weight is 395 g/mol. The van der Waals surface area contributed by atoms with E-state index in [1.807, 2.05) is 47.5 Å². The molecule has 0 bridgehead atoms.